The summed E-state index contributed by atoms with van der Waals surface area (Å²) >= 11 is 0. The first-order chi connectivity index (χ1) is 15.7. The molecule has 0 atom stereocenters. The molecule has 0 saturated carbocycles. The highest BCUT2D eigenvalue weighted by Crippen LogP contribution is 2.22. The highest BCUT2D eigenvalue weighted by molar-refractivity contribution is 5.76. The van der Waals surface area contributed by atoms with E-state index >= 15 is 0 Å². The third-order valence-corrected chi connectivity index (χ3v) is 6.69. The van der Waals surface area contributed by atoms with Crippen LogP contribution in [0.3, 0.4) is 0 Å². The Labute approximate surface area is 192 Å². The lowest BCUT2D eigenvalue weighted by molar-refractivity contribution is -0.140. The van der Waals surface area contributed by atoms with E-state index in [0.29, 0.717) is 25.4 Å². The van der Waals surface area contributed by atoms with Crippen molar-refractivity contribution in [3.8, 4) is 0 Å². The van der Waals surface area contributed by atoms with E-state index in [1.165, 1.54) is 11.1 Å². The molecular weight excluding hydrogens is 400 g/mol. The summed E-state index contributed by atoms with van der Waals surface area (Å²) in [5.41, 5.74) is 3.88. The largest absolute Gasteiger partial charge is 0.338 e. The molecule has 0 unspecified atom stereocenters. The van der Waals surface area contributed by atoms with Gasteiger partial charge >= 0.3 is 0 Å². The van der Waals surface area contributed by atoms with Crippen molar-refractivity contribution in [3.05, 3.63) is 65.5 Å². The fourth-order valence-electron chi connectivity index (χ4n) is 4.69. The van der Waals surface area contributed by atoms with Crippen molar-refractivity contribution >= 4 is 5.91 Å². The number of carbonyl (C=O) groups excluding carboxylic acids is 1. The minimum Gasteiger partial charge on any atom is -0.338 e. The van der Waals surface area contributed by atoms with Crippen LogP contribution in [0.5, 0.6) is 0 Å². The van der Waals surface area contributed by atoms with Crippen LogP contribution in [0.4, 0.5) is 0 Å². The molecule has 4 rings (SSSR count). The molecule has 6 heteroatoms. The average Bonchev–Trinajstić information content (AvgIpc) is 3.34. The Morgan fingerprint density at radius 3 is 2.72 bits per heavy atom. The number of piperidine rings is 1. The summed E-state index contributed by atoms with van der Waals surface area (Å²) in [6.07, 6.45) is 7.48. The zero-order valence-electron chi connectivity index (χ0n) is 19.3. The van der Waals surface area contributed by atoms with Gasteiger partial charge in [-0.2, -0.15) is 5.06 Å². The number of pyridine rings is 1. The van der Waals surface area contributed by atoms with E-state index in [1.54, 1.807) is 6.20 Å². The Morgan fingerprint density at radius 2 is 2.00 bits per heavy atom. The van der Waals surface area contributed by atoms with Crippen LogP contribution in [0.15, 0.2) is 48.8 Å². The fourth-order valence-corrected chi connectivity index (χ4v) is 4.69. The van der Waals surface area contributed by atoms with Crippen LogP contribution in [0.2, 0.25) is 0 Å². The zero-order chi connectivity index (χ0) is 22.2. The number of amides is 1. The van der Waals surface area contributed by atoms with Gasteiger partial charge in [-0.15, -0.1) is 0 Å². The van der Waals surface area contributed by atoms with Gasteiger partial charge in [-0.25, -0.2) is 0 Å². The predicted octanol–water partition coefficient (Wildman–Crippen LogP) is 3.66. The quantitative estimate of drug-likeness (QED) is 0.600. The summed E-state index contributed by atoms with van der Waals surface area (Å²) in [6, 6.07) is 12.7. The number of aryl methyl sites for hydroxylation is 1. The molecule has 0 spiro atoms. The Balaban J connectivity index is 1.31. The average molecular weight is 437 g/mol. The van der Waals surface area contributed by atoms with Crippen LogP contribution < -0.4 is 0 Å². The molecule has 0 N–H and O–H groups in total. The summed E-state index contributed by atoms with van der Waals surface area (Å²) in [4.78, 5) is 27.5. The summed E-state index contributed by atoms with van der Waals surface area (Å²) in [5.74, 6) is 0.762. The zero-order valence-corrected chi connectivity index (χ0v) is 19.3. The molecule has 1 aromatic carbocycles. The first-order valence-electron chi connectivity index (χ1n) is 12.0. The number of likely N-dealkylation sites (tertiary alicyclic amines) is 1. The second kappa shape index (κ2) is 11.5. The normalized spacial score (nSPS) is 18.2. The summed E-state index contributed by atoms with van der Waals surface area (Å²) in [6.45, 7) is 9.24. The number of rotatable bonds is 9. The van der Waals surface area contributed by atoms with Gasteiger partial charge in [0.1, 0.15) is 0 Å². The number of benzene rings is 1. The van der Waals surface area contributed by atoms with E-state index in [1.807, 2.05) is 17.3 Å². The minimum atomic E-state index is 0.215. The van der Waals surface area contributed by atoms with E-state index in [9.17, 15) is 4.79 Å². The lowest BCUT2D eigenvalue weighted by Gasteiger charge is -2.35. The van der Waals surface area contributed by atoms with Gasteiger partial charge in [0.05, 0.1) is 6.61 Å². The van der Waals surface area contributed by atoms with Crippen LogP contribution in [-0.4, -0.2) is 65.1 Å². The molecule has 0 bridgehead atoms. The van der Waals surface area contributed by atoms with E-state index in [2.05, 4.69) is 52.0 Å². The molecule has 172 valence electrons. The van der Waals surface area contributed by atoms with Gasteiger partial charge in [0.15, 0.2) is 0 Å². The van der Waals surface area contributed by atoms with Gasteiger partial charge in [-0.05, 0) is 68.0 Å². The molecule has 2 fully saturated rings. The smallest absolute Gasteiger partial charge is 0.224 e. The van der Waals surface area contributed by atoms with Gasteiger partial charge in [-0.3, -0.25) is 19.5 Å². The first kappa shape index (κ1) is 22.9. The lowest BCUT2D eigenvalue weighted by Crippen LogP contribution is -2.41. The van der Waals surface area contributed by atoms with E-state index in [0.717, 1.165) is 64.2 Å². The third kappa shape index (κ3) is 6.61. The summed E-state index contributed by atoms with van der Waals surface area (Å²) < 4.78 is 0. The molecule has 2 aromatic rings. The van der Waals surface area contributed by atoms with E-state index in [-0.39, 0.29) is 5.91 Å². The number of nitrogens with zero attached hydrogens (tertiary/aromatic N) is 4. The monoisotopic (exact) mass is 436 g/mol. The number of carbonyl (C=O) groups is 1. The van der Waals surface area contributed by atoms with Crippen molar-refractivity contribution in [2.45, 2.75) is 45.7 Å². The van der Waals surface area contributed by atoms with Gasteiger partial charge < -0.3 is 4.90 Å². The highest BCUT2D eigenvalue weighted by Gasteiger charge is 2.25. The molecule has 2 saturated heterocycles. The van der Waals surface area contributed by atoms with Crippen molar-refractivity contribution in [1.29, 1.82) is 0 Å². The van der Waals surface area contributed by atoms with Crippen LogP contribution in [-0.2, 0) is 22.7 Å². The second-order valence-corrected chi connectivity index (χ2v) is 9.15. The summed E-state index contributed by atoms with van der Waals surface area (Å²) in [7, 11) is 0. The van der Waals surface area contributed by atoms with Crippen LogP contribution in [0, 0.1) is 12.8 Å². The van der Waals surface area contributed by atoms with Gasteiger partial charge in [-0.1, -0.05) is 30.3 Å². The Kier molecular flexibility index (Phi) is 8.26. The van der Waals surface area contributed by atoms with Crippen LogP contribution in [0.25, 0.3) is 0 Å². The summed E-state index contributed by atoms with van der Waals surface area (Å²) in [5, 5.41) is 1.93. The van der Waals surface area contributed by atoms with Crippen molar-refractivity contribution < 1.29 is 9.63 Å². The molecule has 0 aliphatic carbocycles. The van der Waals surface area contributed by atoms with Crippen LogP contribution >= 0.6 is 0 Å². The number of hydrogen-bond acceptors (Lipinski definition) is 5. The predicted molar refractivity (Wildman–Crippen MR) is 126 cm³/mol. The molecular formula is C26H36N4O2. The van der Waals surface area contributed by atoms with Crippen molar-refractivity contribution in [3.63, 3.8) is 0 Å². The fraction of sp³-hybridized carbons (Fsp3) is 0.538. The van der Waals surface area contributed by atoms with Gasteiger partial charge in [0.2, 0.25) is 5.91 Å². The first-order valence-corrected chi connectivity index (χ1v) is 12.0. The van der Waals surface area contributed by atoms with E-state index in [4.69, 9.17) is 4.84 Å². The standard InChI is InChI=1S/C26H36N4O2/c1-22-6-2-3-8-25(22)21-28-14-9-23(10-15-28)19-29(20-24-7-4-12-27-18-24)26(31)11-16-30-13-5-17-32-30/h2-4,6-8,12,18,23H,5,9-11,13-17,19-21H2,1H3. The Morgan fingerprint density at radius 1 is 1.16 bits per heavy atom. The second-order valence-electron chi connectivity index (χ2n) is 9.15. The topological polar surface area (TPSA) is 48.9 Å². The number of hydroxylamine groups is 2. The molecule has 0 radical (unpaired) electrons. The maximum Gasteiger partial charge on any atom is 0.224 e. The maximum atomic E-state index is 13.1. The van der Waals surface area contributed by atoms with Crippen molar-refractivity contribution in [2.75, 3.05) is 39.3 Å². The molecule has 6 nitrogen and oxygen atoms in total. The maximum absolute atomic E-state index is 13.1. The van der Waals surface area contributed by atoms with Gasteiger partial charge in [0, 0.05) is 51.5 Å². The van der Waals surface area contributed by atoms with Gasteiger partial charge in [0.25, 0.3) is 0 Å². The van der Waals surface area contributed by atoms with Crippen molar-refractivity contribution in [2.24, 2.45) is 5.92 Å². The van der Waals surface area contributed by atoms with Crippen LogP contribution in [0.1, 0.15) is 42.4 Å². The minimum absolute atomic E-state index is 0.215. The SMILES string of the molecule is Cc1ccccc1CN1CCC(CN(Cc2cccnc2)C(=O)CCN2CCCO2)CC1. The lowest BCUT2D eigenvalue weighted by atomic mass is 9.95. The molecule has 2 aliphatic rings. The van der Waals surface area contributed by atoms with Crippen molar-refractivity contribution in [1.82, 2.24) is 19.8 Å². The molecule has 1 aromatic heterocycles. The van der Waals surface area contributed by atoms with E-state index < -0.39 is 0 Å². The third-order valence-electron chi connectivity index (χ3n) is 6.69. The molecule has 1 amide bonds. The number of aromatic nitrogens is 1. The molecule has 32 heavy (non-hydrogen) atoms. The number of hydrogen-bond donors (Lipinski definition) is 0. The Hall–Kier alpha value is -2.28. The Bertz CT molecular complexity index is 846. The molecule has 2 aliphatic heterocycles. The molecule has 3 heterocycles. The highest BCUT2D eigenvalue weighted by atomic mass is 16.7.